The van der Waals surface area contributed by atoms with Crippen molar-refractivity contribution in [2.45, 2.75) is 64.5 Å². The fraction of sp³-hybridized carbons (Fsp3) is 0.556. The van der Waals surface area contributed by atoms with Crippen molar-refractivity contribution in [1.29, 1.82) is 0 Å². The summed E-state index contributed by atoms with van der Waals surface area (Å²) in [6.07, 6.45) is 2.88. The molecule has 0 spiro atoms. The number of aliphatic carboxylic acids is 1. The molecule has 0 heterocycles. The second-order valence-electron chi connectivity index (χ2n) is 6.44. The van der Waals surface area contributed by atoms with Crippen LogP contribution >= 0.6 is 0 Å². The first-order valence-corrected chi connectivity index (χ1v) is 8.03. The second kappa shape index (κ2) is 6.95. The summed E-state index contributed by atoms with van der Waals surface area (Å²) >= 11 is 0. The van der Waals surface area contributed by atoms with Gasteiger partial charge in [0.2, 0.25) is 5.91 Å². The predicted octanol–water partition coefficient (Wildman–Crippen LogP) is 3.21. The highest BCUT2D eigenvalue weighted by molar-refractivity contribution is 5.84. The van der Waals surface area contributed by atoms with Crippen molar-refractivity contribution in [3.05, 3.63) is 35.4 Å². The third-order valence-corrected chi connectivity index (χ3v) is 4.28. The molecule has 4 nitrogen and oxygen atoms in total. The van der Waals surface area contributed by atoms with Crippen LogP contribution in [0, 0.1) is 0 Å². The molecule has 1 atom stereocenters. The number of benzene rings is 1. The third-order valence-electron chi connectivity index (χ3n) is 4.28. The highest BCUT2D eigenvalue weighted by Gasteiger charge is 2.37. The minimum atomic E-state index is -0.929. The minimum Gasteiger partial charge on any atom is -0.480 e. The van der Waals surface area contributed by atoms with Crippen LogP contribution in [0.25, 0.3) is 0 Å². The van der Waals surface area contributed by atoms with Crippen LogP contribution in [0.4, 0.5) is 0 Å². The zero-order valence-electron chi connectivity index (χ0n) is 13.6. The molecule has 0 radical (unpaired) electrons. The van der Waals surface area contributed by atoms with Crippen LogP contribution < -0.4 is 0 Å². The number of carbonyl (C=O) groups is 2. The van der Waals surface area contributed by atoms with Gasteiger partial charge in [-0.3, -0.25) is 4.79 Å². The number of rotatable bonds is 7. The van der Waals surface area contributed by atoms with Gasteiger partial charge in [-0.15, -0.1) is 0 Å². The van der Waals surface area contributed by atoms with Gasteiger partial charge in [0.15, 0.2) is 0 Å². The van der Waals surface area contributed by atoms with Crippen molar-refractivity contribution in [2.24, 2.45) is 0 Å². The van der Waals surface area contributed by atoms with Crippen LogP contribution in [-0.4, -0.2) is 34.0 Å². The summed E-state index contributed by atoms with van der Waals surface area (Å²) in [5.41, 5.74) is 2.41. The normalized spacial score (nSPS) is 15.6. The Hall–Kier alpha value is -1.84. The lowest BCUT2D eigenvalue weighted by Crippen LogP contribution is -2.44. The molecule has 1 aromatic rings. The Balaban J connectivity index is 1.94. The van der Waals surface area contributed by atoms with Crippen LogP contribution in [0.3, 0.4) is 0 Å². The number of carboxylic acid groups (broad SMARTS) is 1. The molecule has 120 valence electrons. The van der Waals surface area contributed by atoms with E-state index in [4.69, 9.17) is 5.11 Å². The standard InChI is InChI=1S/C18H25NO3/c1-12(2)15-7-4-14(5-8-15)6-11-17(20)19(16-9-10-16)13(3)18(21)22/h4-5,7-8,12-13,16H,6,9-11H2,1-3H3,(H,21,22). The van der Waals surface area contributed by atoms with Gasteiger partial charge in [0.25, 0.3) is 0 Å². The number of carboxylic acids is 1. The highest BCUT2D eigenvalue weighted by Crippen LogP contribution is 2.29. The van der Waals surface area contributed by atoms with Gasteiger partial charge < -0.3 is 10.0 Å². The molecule has 0 saturated heterocycles. The third kappa shape index (κ3) is 4.09. The fourth-order valence-electron chi connectivity index (χ4n) is 2.66. The van der Waals surface area contributed by atoms with E-state index in [0.29, 0.717) is 18.8 Å². The Morgan fingerprint density at radius 1 is 1.18 bits per heavy atom. The number of hydrogen-bond acceptors (Lipinski definition) is 2. The summed E-state index contributed by atoms with van der Waals surface area (Å²) < 4.78 is 0. The minimum absolute atomic E-state index is 0.0506. The van der Waals surface area contributed by atoms with Gasteiger partial charge in [-0.25, -0.2) is 4.79 Å². The van der Waals surface area contributed by atoms with Crippen LogP contribution in [-0.2, 0) is 16.0 Å². The van der Waals surface area contributed by atoms with E-state index in [1.807, 2.05) is 0 Å². The smallest absolute Gasteiger partial charge is 0.326 e. The number of carbonyl (C=O) groups excluding carboxylic acids is 1. The Bertz CT molecular complexity index is 532. The summed E-state index contributed by atoms with van der Waals surface area (Å²) in [5.74, 6) is -0.482. The molecule has 1 saturated carbocycles. The van der Waals surface area contributed by atoms with E-state index in [0.717, 1.165) is 18.4 Å². The first kappa shape index (κ1) is 16.5. The lowest BCUT2D eigenvalue weighted by molar-refractivity contribution is -0.150. The summed E-state index contributed by atoms with van der Waals surface area (Å²) in [5, 5.41) is 9.15. The van der Waals surface area contributed by atoms with E-state index in [-0.39, 0.29) is 11.9 Å². The van der Waals surface area contributed by atoms with Gasteiger partial charge >= 0.3 is 5.97 Å². The van der Waals surface area contributed by atoms with Gasteiger partial charge in [-0.05, 0) is 43.2 Å². The van der Waals surface area contributed by atoms with Crippen LogP contribution in [0.5, 0.6) is 0 Å². The van der Waals surface area contributed by atoms with Crippen molar-refractivity contribution in [2.75, 3.05) is 0 Å². The first-order chi connectivity index (χ1) is 10.4. The molecule has 1 aliphatic rings. The van der Waals surface area contributed by atoms with E-state index in [9.17, 15) is 9.59 Å². The van der Waals surface area contributed by atoms with Crippen LogP contribution in [0.15, 0.2) is 24.3 Å². The zero-order valence-corrected chi connectivity index (χ0v) is 13.6. The summed E-state index contributed by atoms with van der Waals surface area (Å²) in [6, 6.07) is 7.71. The number of nitrogens with zero attached hydrogens (tertiary/aromatic N) is 1. The number of amides is 1. The Morgan fingerprint density at radius 2 is 1.77 bits per heavy atom. The largest absolute Gasteiger partial charge is 0.480 e. The molecule has 4 heteroatoms. The molecule has 22 heavy (non-hydrogen) atoms. The Labute approximate surface area is 132 Å². The van der Waals surface area contributed by atoms with Crippen LogP contribution in [0.1, 0.15) is 57.1 Å². The van der Waals surface area contributed by atoms with E-state index >= 15 is 0 Å². The quantitative estimate of drug-likeness (QED) is 0.841. The zero-order chi connectivity index (χ0) is 16.3. The average Bonchev–Trinajstić information content (AvgIpc) is 3.30. The lowest BCUT2D eigenvalue weighted by atomic mass is 10.00. The van der Waals surface area contributed by atoms with E-state index < -0.39 is 12.0 Å². The average molecular weight is 303 g/mol. The maximum atomic E-state index is 12.4. The molecule has 0 bridgehead atoms. The van der Waals surface area contributed by atoms with Crippen molar-refractivity contribution in [1.82, 2.24) is 4.90 Å². The van der Waals surface area contributed by atoms with Gasteiger partial charge in [0.1, 0.15) is 6.04 Å². The van der Waals surface area contributed by atoms with Crippen molar-refractivity contribution in [3.8, 4) is 0 Å². The SMILES string of the molecule is CC(C)c1ccc(CCC(=O)N(C2CC2)C(C)C(=O)O)cc1. The fourth-order valence-corrected chi connectivity index (χ4v) is 2.66. The van der Waals surface area contributed by atoms with Crippen molar-refractivity contribution in [3.63, 3.8) is 0 Å². The lowest BCUT2D eigenvalue weighted by Gasteiger charge is -2.26. The topological polar surface area (TPSA) is 57.6 Å². The number of hydrogen-bond donors (Lipinski definition) is 1. The second-order valence-corrected chi connectivity index (χ2v) is 6.44. The molecule has 1 amide bonds. The maximum absolute atomic E-state index is 12.4. The molecular formula is C18H25NO3. The first-order valence-electron chi connectivity index (χ1n) is 8.03. The van der Waals surface area contributed by atoms with Gasteiger partial charge in [-0.1, -0.05) is 38.1 Å². The van der Waals surface area contributed by atoms with Gasteiger partial charge in [-0.2, -0.15) is 0 Å². The molecule has 0 aromatic heterocycles. The molecule has 1 aliphatic carbocycles. The maximum Gasteiger partial charge on any atom is 0.326 e. The molecule has 1 N–H and O–H groups in total. The Morgan fingerprint density at radius 3 is 2.23 bits per heavy atom. The summed E-state index contributed by atoms with van der Waals surface area (Å²) in [7, 11) is 0. The van der Waals surface area contributed by atoms with E-state index in [1.165, 1.54) is 5.56 Å². The van der Waals surface area contributed by atoms with Crippen molar-refractivity contribution >= 4 is 11.9 Å². The monoisotopic (exact) mass is 303 g/mol. The predicted molar refractivity (Wildman–Crippen MR) is 85.8 cm³/mol. The Kier molecular flexibility index (Phi) is 5.22. The molecule has 1 aromatic carbocycles. The summed E-state index contributed by atoms with van der Waals surface area (Å²) in [6.45, 7) is 5.90. The van der Waals surface area contributed by atoms with Crippen molar-refractivity contribution < 1.29 is 14.7 Å². The van der Waals surface area contributed by atoms with Crippen LogP contribution in [0.2, 0.25) is 0 Å². The van der Waals surface area contributed by atoms with E-state index in [1.54, 1.807) is 11.8 Å². The number of aryl methyl sites for hydroxylation is 1. The molecule has 1 fully saturated rings. The molecule has 1 unspecified atom stereocenters. The molecule has 2 rings (SSSR count). The van der Waals surface area contributed by atoms with Gasteiger partial charge in [0.05, 0.1) is 0 Å². The molecular weight excluding hydrogens is 278 g/mol. The molecule has 0 aliphatic heterocycles. The van der Waals surface area contributed by atoms with E-state index in [2.05, 4.69) is 38.1 Å². The summed E-state index contributed by atoms with van der Waals surface area (Å²) in [4.78, 5) is 25.1. The highest BCUT2D eigenvalue weighted by atomic mass is 16.4. The van der Waals surface area contributed by atoms with Gasteiger partial charge in [0, 0.05) is 12.5 Å².